The van der Waals surface area contributed by atoms with E-state index < -0.39 is 0 Å². The van der Waals surface area contributed by atoms with Crippen LogP contribution in [0.4, 0.5) is 0 Å². The molecule has 0 fully saturated rings. The molecule has 1 unspecified atom stereocenters. The van der Waals surface area contributed by atoms with E-state index in [0.717, 1.165) is 0 Å². The van der Waals surface area contributed by atoms with Gasteiger partial charge in [-0.2, -0.15) is 0 Å². The first-order chi connectivity index (χ1) is 2.91. The lowest BCUT2D eigenvalue weighted by Crippen LogP contribution is -1.72. The summed E-state index contributed by atoms with van der Waals surface area (Å²) >= 11 is 0. The minimum atomic E-state index is 1.46. The second-order valence-corrected chi connectivity index (χ2v) is 0.333. The number of rotatable bonds is 1. The van der Waals surface area contributed by atoms with Gasteiger partial charge in [0.25, 0.3) is 0 Å². The Morgan fingerprint density at radius 2 is 1.17 bits per heavy atom. The summed E-state index contributed by atoms with van der Waals surface area (Å²) in [5.74, 6) is 0. The fraction of sp³-hybridized carbons (Fsp3) is 1.00. The second kappa shape index (κ2) is 18.3. The smallest absolute Gasteiger partial charge is 0.0712 e. The predicted molar refractivity (Wildman–Crippen MR) is 29.7 cm³/mol. The van der Waals surface area contributed by atoms with E-state index in [2.05, 4.69) is 19.0 Å². The van der Waals surface area contributed by atoms with Crippen molar-refractivity contribution in [3.05, 3.63) is 0 Å². The Hall–Kier alpha value is 0.350. The molecule has 0 amide bonds. The van der Waals surface area contributed by atoms with Gasteiger partial charge in [0, 0.05) is 0 Å². The number of hydrogen-bond donors (Lipinski definition) is 0. The van der Waals surface area contributed by atoms with Crippen molar-refractivity contribution >= 4 is 9.24 Å². The molecule has 0 N–H and O–H groups in total. The molecule has 0 radical (unpaired) electrons. The van der Waals surface area contributed by atoms with E-state index in [0.29, 0.717) is 0 Å². The zero-order valence-electron chi connectivity index (χ0n) is 4.39. The maximum absolute atomic E-state index is 4.04. The molecule has 0 aliphatic carbocycles. The van der Waals surface area contributed by atoms with Crippen LogP contribution in [0.3, 0.4) is 0 Å². The lowest BCUT2D eigenvalue weighted by Gasteiger charge is -1.78. The second-order valence-electron chi connectivity index (χ2n) is 0.333. The molecule has 0 aromatic carbocycles. The molecule has 1 atom stereocenters. The van der Waals surface area contributed by atoms with Crippen LogP contribution in [0.1, 0.15) is 0 Å². The molecule has 40 valence electrons. The van der Waals surface area contributed by atoms with Crippen molar-refractivity contribution in [1.29, 1.82) is 0 Å². The Morgan fingerprint density at radius 1 is 1.00 bits per heavy atom. The molecule has 6 heavy (non-hydrogen) atoms. The Morgan fingerprint density at radius 3 is 1.17 bits per heavy atom. The highest BCUT2D eigenvalue weighted by Gasteiger charge is 1.47. The van der Waals surface area contributed by atoms with Crippen LogP contribution >= 0.6 is 9.24 Å². The average molecular weight is 110 g/mol. The van der Waals surface area contributed by atoms with E-state index in [1.807, 2.05) is 6.66 Å². The zero-order chi connectivity index (χ0) is 5.41. The summed E-state index contributed by atoms with van der Waals surface area (Å²) in [4.78, 5) is 8.08. The summed E-state index contributed by atoms with van der Waals surface area (Å²) in [7, 11) is 5.33. The standard InChI is InChI=1S/C2H6O2.CH5P/c1-3-4-2;1-2/h1-2H3;2H2,1H3. The quantitative estimate of drug-likeness (QED) is 0.281. The van der Waals surface area contributed by atoms with Gasteiger partial charge in [0.1, 0.15) is 0 Å². The highest BCUT2D eigenvalue weighted by atomic mass is 31.0. The van der Waals surface area contributed by atoms with Crippen molar-refractivity contribution in [3.63, 3.8) is 0 Å². The van der Waals surface area contributed by atoms with Gasteiger partial charge in [-0.05, 0) is 0 Å². The van der Waals surface area contributed by atoms with Crippen LogP contribution in [0.2, 0.25) is 0 Å². The largest absolute Gasteiger partial charge is 0.240 e. The van der Waals surface area contributed by atoms with E-state index in [9.17, 15) is 0 Å². The predicted octanol–water partition coefficient (Wildman–Crippen LogP) is 0.685. The van der Waals surface area contributed by atoms with Crippen LogP contribution in [0, 0.1) is 0 Å². The van der Waals surface area contributed by atoms with Gasteiger partial charge in [-0.25, -0.2) is 9.78 Å². The van der Waals surface area contributed by atoms with E-state index in [-0.39, 0.29) is 0 Å². The first-order valence-corrected chi connectivity index (χ1v) is 2.72. The summed E-state index contributed by atoms with van der Waals surface area (Å²) in [6.07, 6.45) is 0. The van der Waals surface area contributed by atoms with Gasteiger partial charge in [0.05, 0.1) is 14.2 Å². The van der Waals surface area contributed by atoms with Gasteiger partial charge >= 0.3 is 0 Å². The van der Waals surface area contributed by atoms with Crippen molar-refractivity contribution in [1.82, 2.24) is 0 Å². The molecule has 0 spiro atoms. The van der Waals surface area contributed by atoms with Gasteiger partial charge < -0.3 is 0 Å². The van der Waals surface area contributed by atoms with Crippen LogP contribution < -0.4 is 0 Å². The molecule has 2 nitrogen and oxygen atoms in total. The van der Waals surface area contributed by atoms with E-state index in [4.69, 9.17) is 0 Å². The van der Waals surface area contributed by atoms with Crippen LogP contribution in [0.5, 0.6) is 0 Å². The lowest BCUT2D eigenvalue weighted by molar-refractivity contribution is -0.248. The summed E-state index contributed by atoms with van der Waals surface area (Å²) in [6.45, 7) is 1.92. The molecule has 0 saturated carbocycles. The molecule has 0 heterocycles. The Balaban J connectivity index is 0. The summed E-state index contributed by atoms with van der Waals surface area (Å²) in [6, 6.07) is 0. The lowest BCUT2D eigenvalue weighted by atomic mass is 11.7. The third kappa shape index (κ3) is 26.8. The molecule has 0 aliphatic heterocycles. The fourth-order valence-corrected chi connectivity index (χ4v) is 0. The highest BCUT2D eigenvalue weighted by molar-refractivity contribution is 7.15. The Labute approximate surface area is 41.0 Å². The maximum Gasteiger partial charge on any atom is 0.0712 e. The van der Waals surface area contributed by atoms with Crippen molar-refractivity contribution in [2.75, 3.05) is 20.9 Å². The minimum Gasteiger partial charge on any atom is -0.240 e. The Kier molecular flexibility index (Phi) is 29.3. The van der Waals surface area contributed by atoms with Crippen LogP contribution in [0.15, 0.2) is 0 Å². The van der Waals surface area contributed by atoms with Gasteiger partial charge in [-0.15, -0.1) is 9.24 Å². The van der Waals surface area contributed by atoms with E-state index in [1.165, 1.54) is 14.2 Å². The molecule has 0 rings (SSSR count). The van der Waals surface area contributed by atoms with Crippen molar-refractivity contribution in [2.24, 2.45) is 0 Å². The molecule has 3 heteroatoms. The molecule has 0 aromatic rings. The third-order valence-electron chi connectivity index (χ3n) is 0.167. The minimum absolute atomic E-state index is 1.46. The Bertz CT molecular complexity index is 10.8. The molecular weight excluding hydrogens is 99.0 g/mol. The first kappa shape index (κ1) is 9.61. The fourth-order valence-electron chi connectivity index (χ4n) is 0. The SMILES string of the molecule is COOC.CP. The highest BCUT2D eigenvalue weighted by Crippen LogP contribution is 1.52. The molecule has 0 saturated heterocycles. The average Bonchev–Trinajstić information content (AvgIpc) is 1.72. The van der Waals surface area contributed by atoms with Gasteiger partial charge in [0.2, 0.25) is 0 Å². The van der Waals surface area contributed by atoms with Crippen molar-refractivity contribution < 1.29 is 9.78 Å². The van der Waals surface area contributed by atoms with E-state index in [1.54, 1.807) is 0 Å². The summed E-state index contributed by atoms with van der Waals surface area (Å²) < 4.78 is 0. The topological polar surface area (TPSA) is 18.5 Å². The van der Waals surface area contributed by atoms with Gasteiger partial charge in [-0.3, -0.25) is 0 Å². The molecule has 0 bridgehead atoms. The van der Waals surface area contributed by atoms with Crippen molar-refractivity contribution in [3.8, 4) is 0 Å². The molecular formula is C3H11O2P. The van der Waals surface area contributed by atoms with Crippen molar-refractivity contribution in [2.45, 2.75) is 0 Å². The van der Waals surface area contributed by atoms with Crippen LogP contribution in [-0.2, 0) is 9.78 Å². The normalized spacial score (nSPS) is 6.00. The third-order valence-corrected chi connectivity index (χ3v) is 0.167. The summed E-state index contributed by atoms with van der Waals surface area (Å²) in [5, 5.41) is 0. The monoisotopic (exact) mass is 110 g/mol. The van der Waals surface area contributed by atoms with Gasteiger partial charge in [-0.1, -0.05) is 6.66 Å². The first-order valence-electron chi connectivity index (χ1n) is 1.56. The van der Waals surface area contributed by atoms with Gasteiger partial charge in [0.15, 0.2) is 0 Å². The molecule has 0 aromatic heterocycles. The summed E-state index contributed by atoms with van der Waals surface area (Å²) in [5.41, 5.74) is 0. The maximum atomic E-state index is 4.04. The van der Waals surface area contributed by atoms with E-state index >= 15 is 0 Å². The van der Waals surface area contributed by atoms with Crippen LogP contribution in [-0.4, -0.2) is 20.9 Å². The number of hydrogen-bond acceptors (Lipinski definition) is 2. The zero-order valence-corrected chi connectivity index (χ0v) is 5.55. The van der Waals surface area contributed by atoms with Crippen LogP contribution in [0.25, 0.3) is 0 Å². The molecule has 0 aliphatic rings.